The van der Waals surface area contributed by atoms with Crippen molar-refractivity contribution in [1.29, 1.82) is 5.41 Å². The summed E-state index contributed by atoms with van der Waals surface area (Å²) in [5.41, 5.74) is 11.6. The minimum atomic E-state index is -0.910. The van der Waals surface area contributed by atoms with Crippen molar-refractivity contribution >= 4 is 17.5 Å². The highest BCUT2D eigenvalue weighted by atomic mass is 16.6. The van der Waals surface area contributed by atoms with Crippen LogP contribution in [0.25, 0.3) is 6.08 Å². The molecule has 0 aliphatic carbocycles. The molecule has 6 nitrogen and oxygen atoms in total. The number of nitrogens with two attached hydrogens (primary N) is 1. The van der Waals surface area contributed by atoms with Crippen molar-refractivity contribution in [2.24, 2.45) is 11.7 Å². The number of nitrogens with one attached hydrogen (secondary N) is 1. The summed E-state index contributed by atoms with van der Waals surface area (Å²) in [6.45, 7) is 14.0. The highest BCUT2D eigenvalue weighted by Crippen LogP contribution is 2.29. The SMILES string of the molecule is C=Cc1c(N2CCCC(=CCCOC(O)C(N)C(C)C)CC2)cc(C(C)=N)nc1C. The summed E-state index contributed by atoms with van der Waals surface area (Å²) < 4.78 is 5.49. The van der Waals surface area contributed by atoms with Gasteiger partial charge in [0.1, 0.15) is 0 Å². The van der Waals surface area contributed by atoms with Gasteiger partial charge in [0.15, 0.2) is 6.29 Å². The summed E-state index contributed by atoms with van der Waals surface area (Å²) in [4.78, 5) is 6.94. The van der Waals surface area contributed by atoms with Crippen LogP contribution in [0.3, 0.4) is 0 Å². The molecule has 1 aromatic heterocycles. The lowest BCUT2D eigenvalue weighted by Crippen LogP contribution is -2.40. The fraction of sp³-hybridized carbons (Fsp3) is 0.583. The second-order valence-electron chi connectivity index (χ2n) is 8.43. The summed E-state index contributed by atoms with van der Waals surface area (Å²) in [5.74, 6) is 0.181. The zero-order valence-corrected chi connectivity index (χ0v) is 18.9. The molecule has 6 heteroatoms. The summed E-state index contributed by atoms with van der Waals surface area (Å²) in [7, 11) is 0. The summed E-state index contributed by atoms with van der Waals surface area (Å²) in [6.07, 6.45) is 7.11. The number of nitrogens with zero attached hydrogens (tertiary/aromatic N) is 2. The van der Waals surface area contributed by atoms with Gasteiger partial charge in [-0.25, -0.2) is 0 Å². The normalized spacial score (nSPS) is 18.4. The van der Waals surface area contributed by atoms with Crippen LogP contribution in [0.5, 0.6) is 0 Å². The molecular formula is C24H38N4O2. The number of rotatable bonds is 9. The number of aliphatic hydroxyl groups excluding tert-OH is 1. The molecule has 4 N–H and O–H groups in total. The number of pyridine rings is 1. The lowest BCUT2D eigenvalue weighted by Gasteiger charge is -2.26. The van der Waals surface area contributed by atoms with Crippen molar-refractivity contribution in [3.05, 3.63) is 41.2 Å². The van der Waals surface area contributed by atoms with Crippen LogP contribution in [0.4, 0.5) is 5.69 Å². The quantitative estimate of drug-likeness (QED) is 0.245. The second kappa shape index (κ2) is 11.4. The van der Waals surface area contributed by atoms with Gasteiger partial charge >= 0.3 is 0 Å². The molecule has 0 saturated carbocycles. The van der Waals surface area contributed by atoms with Gasteiger partial charge in [0, 0.05) is 30.0 Å². The Morgan fingerprint density at radius 3 is 2.77 bits per heavy atom. The van der Waals surface area contributed by atoms with E-state index in [1.165, 1.54) is 5.57 Å². The molecule has 1 fully saturated rings. The van der Waals surface area contributed by atoms with Gasteiger partial charge in [-0.2, -0.15) is 0 Å². The van der Waals surface area contributed by atoms with Crippen LogP contribution < -0.4 is 10.6 Å². The monoisotopic (exact) mass is 414 g/mol. The third-order valence-corrected chi connectivity index (χ3v) is 5.72. The average molecular weight is 415 g/mol. The van der Waals surface area contributed by atoms with Crippen LogP contribution in [-0.4, -0.2) is 47.8 Å². The number of hydrogen-bond acceptors (Lipinski definition) is 6. The minimum Gasteiger partial charge on any atom is -0.371 e. The van der Waals surface area contributed by atoms with Crippen molar-refractivity contribution in [2.45, 2.75) is 65.7 Å². The Balaban J connectivity index is 1.99. The molecule has 0 aromatic carbocycles. The molecule has 1 aliphatic rings. The van der Waals surface area contributed by atoms with Crippen molar-refractivity contribution in [3.8, 4) is 0 Å². The molecule has 2 rings (SSSR count). The van der Waals surface area contributed by atoms with E-state index in [9.17, 15) is 5.11 Å². The van der Waals surface area contributed by atoms with Crippen molar-refractivity contribution < 1.29 is 9.84 Å². The fourth-order valence-electron chi connectivity index (χ4n) is 3.72. The third-order valence-electron chi connectivity index (χ3n) is 5.72. The standard InChI is InChI=1S/C24H38N4O2/c1-6-20-18(5)27-21(17(4)25)15-22(20)28-12-7-9-19(11-13-28)10-8-14-30-24(29)23(26)16(2)3/h6,10,15-16,23-25,29H,1,7-9,11-14,26H2,2-5H3. The molecule has 30 heavy (non-hydrogen) atoms. The van der Waals surface area contributed by atoms with Gasteiger partial charge in [0.25, 0.3) is 0 Å². The summed E-state index contributed by atoms with van der Waals surface area (Å²) in [5, 5.41) is 17.9. The van der Waals surface area contributed by atoms with Crippen LogP contribution in [0.1, 0.15) is 63.4 Å². The Labute approximate surface area is 181 Å². The fourth-order valence-corrected chi connectivity index (χ4v) is 3.72. The van der Waals surface area contributed by atoms with E-state index >= 15 is 0 Å². The van der Waals surface area contributed by atoms with Crippen LogP contribution >= 0.6 is 0 Å². The number of hydrogen-bond donors (Lipinski definition) is 3. The predicted molar refractivity (Wildman–Crippen MR) is 125 cm³/mol. The Hall–Kier alpha value is -2.02. The molecule has 1 aliphatic heterocycles. The highest BCUT2D eigenvalue weighted by molar-refractivity contribution is 5.96. The number of aliphatic hydroxyl groups is 1. The Morgan fingerprint density at radius 2 is 2.13 bits per heavy atom. The molecule has 0 spiro atoms. The molecule has 0 bridgehead atoms. The summed E-state index contributed by atoms with van der Waals surface area (Å²) in [6, 6.07) is 1.66. The van der Waals surface area contributed by atoms with E-state index in [0.717, 1.165) is 61.4 Å². The lowest BCUT2D eigenvalue weighted by molar-refractivity contribution is -0.119. The second-order valence-corrected chi connectivity index (χ2v) is 8.43. The predicted octanol–water partition coefficient (Wildman–Crippen LogP) is 4.05. The molecule has 0 amide bonds. The molecule has 1 aromatic rings. The molecule has 166 valence electrons. The van der Waals surface area contributed by atoms with E-state index in [2.05, 4.69) is 22.5 Å². The lowest BCUT2D eigenvalue weighted by atomic mass is 10.1. The van der Waals surface area contributed by atoms with Crippen LogP contribution in [0.2, 0.25) is 0 Å². The maximum atomic E-state index is 9.96. The molecular weight excluding hydrogens is 376 g/mol. The maximum Gasteiger partial charge on any atom is 0.169 e. The van der Waals surface area contributed by atoms with Crippen LogP contribution in [0, 0.1) is 18.3 Å². The minimum absolute atomic E-state index is 0.181. The van der Waals surface area contributed by atoms with Crippen LogP contribution in [0.15, 0.2) is 24.3 Å². The first-order valence-electron chi connectivity index (χ1n) is 10.9. The van der Waals surface area contributed by atoms with E-state index in [1.807, 2.05) is 32.9 Å². The first-order chi connectivity index (χ1) is 14.2. The average Bonchev–Trinajstić information content (AvgIpc) is 2.95. The van der Waals surface area contributed by atoms with E-state index in [0.29, 0.717) is 12.3 Å². The Bertz CT molecular complexity index is 773. The Kier molecular flexibility index (Phi) is 9.21. The first kappa shape index (κ1) is 24.3. The van der Waals surface area contributed by atoms with Crippen molar-refractivity contribution in [3.63, 3.8) is 0 Å². The molecule has 0 radical (unpaired) electrons. The van der Waals surface area contributed by atoms with Crippen LogP contribution in [-0.2, 0) is 4.74 Å². The highest BCUT2D eigenvalue weighted by Gasteiger charge is 2.19. The largest absolute Gasteiger partial charge is 0.371 e. The Morgan fingerprint density at radius 1 is 1.40 bits per heavy atom. The van der Waals surface area contributed by atoms with Gasteiger partial charge in [-0.15, -0.1) is 0 Å². The molecule has 2 atom stereocenters. The number of ether oxygens (including phenoxy) is 1. The van der Waals surface area contributed by atoms with Gasteiger partial charge in [-0.3, -0.25) is 4.98 Å². The molecule has 2 unspecified atom stereocenters. The van der Waals surface area contributed by atoms with E-state index in [1.54, 1.807) is 6.92 Å². The number of aromatic nitrogens is 1. The zero-order valence-electron chi connectivity index (χ0n) is 18.9. The van der Waals surface area contributed by atoms with Crippen molar-refractivity contribution in [2.75, 3.05) is 24.6 Å². The topological polar surface area (TPSA) is 95.5 Å². The van der Waals surface area contributed by atoms with Gasteiger partial charge < -0.3 is 25.9 Å². The maximum absolute atomic E-state index is 9.96. The third kappa shape index (κ3) is 6.49. The molecule has 1 saturated heterocycles. The van der Waals surface area contributed by atoms with Crippen molar-refractivity contribution in [1.82, 2.24) is 4.98 Å². The van der Waals surface area contributed by atoms with Gasteiger partial charge in [-0.1, -0.05) is 38.2 Å². The van der Waals surface area contributed by atoms with Gasteiger partial charge in [0.05, 0.1) is 24.1 Å². The molecule has 2 heterocycles. The number of aryl methyl sites for hydroxylation is 1. The van der Waals surface area contributed by atoms with Gasteiger partial charge in [-0.05, 0) is 51.5 Å². The van der Waals surface area contributed by atoms with Gasteiger partial charge in [0.2, 0.25) is 0 Å². The number of anilines is 1. The van der Waals surface area contributed by atoms with E-state index in [4.69, 9.17) is 15.9 Å². The van der Waals surface area contributed by atoms with E-state index in [-0.39, 0.29) is 12.0 Å². The first-order valence-corrected chi connectivity index (χ1v) is 10.9. The van der Waals surface area contributed by atoms with E-state index < -0.39 is 6.29 Å². The smallest absolute Gasteiger partial charge is 0.169 e. The summed E-state index contributed by atoms with van der Waals surface area (Å²) >= 11 is 0. The zero-order chi connectivity index (χ0) is 22.3.